The van der Waals surface area contributed by atoms with Gasteiger partial charge in [-0.05, 0) is 67.7 Å². The monoisotopic (exact) mass is 402 g/mol. The quantitative estimate of drug-likeness (QED) is 0.621. The molecule has 1 atom stereocenters. The van der Waals surface area contributed by atoms with E-state index in [2.05, 4.69) is 34.5 Å². The van der Waals surface area contributed by atoms with Gasteiger partial charge in [-0.25, -0.2) is 0 Å². The van der Waals surface area contributed by atoms with E-state index in [1.54, 1.807) is 11.8 Å². The Morgan fingerprint density at radius 3 is 2.33 bits per heavy atom. The fourth-order valence-electron chi connectivity index (χ4n) is 3.26. The SMILES string of the molecule is CCC(Sc1ccc(Cl)cc1)C(=O)NCc1ccc(CN2CCCC2)cc1. The second-order valence-corrected chi connectivity index (χ2v) is 8.70. The van der Waals surface area contributed by atoms with Gasteiger partial charge in [-0.3, -0.25) is 9.69 Å². The first-order valence-electron chi connectivity index (χ1n) is 9.64. The maximum atomic E-state index is 12.6. The zero-order chi connectivity index (χ0) is 19.1. The van der Waals surface area contributed by atoms with Crippen LogP contribution in [0.25, 0.3) is 0 Å². The van der Waals surface area contributed by atoms with Crippen molar-refractivity contribution in [3.63, 3.8) is 0 Å². The summed E-state index contributed by atoms with van der Waals surface area (Å²) in [5.74, 6) is 0.0820. The van der Waals surface area contributed by atoms with Gasteiger partial charge >= 0.3 is 0 Å². The molecule has 3 rings (SSSR count). The van der Waals surface area contributed by atoms with Gasteiger partial charge in [0.2, 0.25) is 5.91 Å². The van der Waals surface area contributed by atoms with Crippen molar-refractivity contribution in [2.45, 2.75) is 49.4 Å². The highest BCUT2D eigenvalue weighted by Gasteiger charge is 2.17. The average Bonchev–Trinajstić information content (AvgIpc) is 3.20. The van der Waals surface area contributed by atoms with E-state index >= 15 is 0 Å². The number of carbonyl (C=O) groups is 1. The molecule has 0 bridgehead atoms. The number of nitrogens with zero attached hydrogens (tertiary/aromatic N) is 1. The van der Waals surface area contributed by atoms with Crippen molar-refractivity contribution in [3.05, 3.63) is 64.7 Å². The second kappa shape index (κ2) is 10.2. The Balaban J connectivity index is 1.48. The summed E-state index contributed by atoms with van der Waals surface area (Å²) < 4.78 is 0. The van der Waals surface area contributed by atoms with Crippen LogP contribution in [0.15, 0.2) is 53.4 Å². The van der Waals surface area contributed by atoms with Gasteiger partial charge in [0.1, 0.15) is 0 Å². The van der Waals surface area contributed by atoms with Crippen molar-refractivity contribution in [2.24, 2.45) is 0 Å². The van der Waals surface area contributed by atoms with Gasteiger partial charge in [0.25, 0.3) is 0 Å². The Kier molecular flexibility index (Phi) is 7.62. The van der Waals surface area contributed by atoms with Crippen LogP contribution >= 0.6 is 23.4 Å². The fourth-order valence-corrected chi connectivity index (χ4v) is 4.37. The Hall–Kier alpha value is -1.49. The lowest BCUT2D eigenvalue weighted by Crippen LogP contribution is -2.31. The molecule has 3 nitrogen and oxygen atoms in total. The summed E-state index contributed by atoms with van der Waals surface area (Å²) in [6.45, 7) is 6.06. The van der Waals surface area contributed by atoms with Crippen LogP contribution in [0.5, 0.6) is 0 Å². The van der Waals surface area contributed by atoms with E-state index in [1.165, 1.54) is 31.5 Å². The van der Waals surface area contributed by atoms with Crippen molar-refractivity contribution in [1.29, 1.82) is 0 Å². The molecule has 1 unspecified atom stereocenters. The molecule has 1 saturated heterocycles. The van der Waals surface area contributed by atoms with Crippen molar-refractivity contribution in [3.8, 4) is 0 Å². The molecule has 1 aliphatic heterocycles. The molecule has 27 heavy (non-hydrogen) atoms. The fraction of sp³-hybridized carbons (Fsp3) is 0.409. The first kappa shape index (κ1) is 20.2. The van der Waals surface area contributed by atoms with E-state index < -0.39 is 0 Å². The zero-order valence-electron chi connectivity index (χ0n) is 15.8. The van der Waals surface area contributed by atoms with Gasteiger partial charge in [0, 0.05) is 23.0 Å². The standard InChI is InChI=1S/C22H27ClN2OS/c1-2-21(27-20-11-9-19(23)10-12-20)22(26)24-15-17-5-7-18(8-6-17)16-25-13-3-4-14-25/h5-12,21H,2-4,13-16H2,1H3,(H,24,26). The van der Waals surface area contributed by atoms with Crippen LogP contribution in [0.2, 0.25) is 5.02 Å². The number of thioether (sulfide) groups is 1. The summed E-state index contributed by atoms with van der Waals surface area (Å²) in [5, 5.41) is 3.69. The number of hydrogen-bond donors (Lipinski definition) is 1. The molecule has 2 aromatic carbocycles. The summed E-state index contributed by atoms with van der Waals surface area (Å²) >= 11 is 7.51. The van der Waals surface area contributed by atoms with Crippen molar-refractivity contribution in [1.82, 2.24) is 10.2 Å². The second-order valence-electron chi connectivity index (χ2n) is 6.99. The third-order valence-electron chi connectivity index (χ3n) is 4.85. The summed E-state index contributed by atoms with van der Waals surface area (Å²) in [6, 6.07) is 16.2. The Bertz CT molecular complexity index is 727. The normalized spacial score (nSPS) is 15.6. The summed E-state index contributed by atoms with van der Waals surface area (Å²) in [7, 11) is 0. The molecule has 1 fully saturated rings. The van der Waals surface area contributed by atoms with Crippen LogP contribution in [0.4, 0.5) is 0 Å². The number of benzene rings is 2. The predicted octanol–water partition coefficient (Wildman–Crippen LogP) is 5.12. The number of amides is 1. The number of nitrogens with one attached hydrogen (secondary N) is 1. The first-order chi connectivity index (χ1) is 13.1. The molecule has 2 aromatic rings. The Morgan fingerprint density at radius 2 is 1.70 bits per heavy atom. The van der Waals surface area contributed by atoms with E-state index in [9.17, 15) is 4.79 Å². The summed E-state index contributed by atoms with van der Waals surface area (Å²) in [4.78, 5) is 16.1. The molecule has 1 N–H and O–H groups in total. The molecule has 0 saturated carbocycles. The van der Waals surface area contributed by atoms with Gasteiger partial charge in [0.05, 0.1) is 5.25 Å². The molecule has 1 aliphatic rings. The van der Waals surface area contributed by atoms with E-state index in [4.69, 9.17) is 11.6 Å². The maximum absolute atomic E-state index is 12.6. The van der Waals surface area contributed by atoms with Crippen LogP contribution < -0.4 is 5.32 Å². The zero-order valence-corrected chi connectivity index (χ0v) is 17.4. The third-order valence-corrected chi connectivity index (χ3v) is 6.48. The maximum Gasteiger partial charge on any atom is 0.233 e. The number of likely N-dealkylation sites (tertiary alicyclic amines) is 1. The average molecular weight is 403 g/mol. The van der Waals surface area contributed by atoms with Crippen molar-refractivity contribution in [2.75, 3.05) is 13.1 Å². The highest BCUT2D eigenvalue weighted by Crippen LogP contribution is 2.26. The van der Waals surface area contributed by atoms with Gasteiger partial charge in [-0.15, -0.1) is 11.8 Å². The molecular formula is C22H27ClN2OS. The lowest BCUT2D eigenvalue weighted by molar-refractivity contribution is -0.120. The molecule has 1 heterocycles. The smallest absolute Gasteiger partial charge is 0.233 e. The molecule has 5 heteroatoms. The van der Waals surface area contributed by atoms with E-state index in [-0.39, 0.29) is 11.2 Å². The predicted molar refractivity (Wildman–Crippen MR) is 114 cm³/mol. The number of halogens is 1. The Labute approximate surface area is 171 Å². The van der Waals surface area contributed by atoms with E-state index in [0.29, 0.717) is 11.6 Å². The van der Waals surface area contributed by atoms with E-state index in [1.807, 2.05) is 31.2 Å². The first-order valence-corrected chi connectivity index (χ1v) is 10.9. The van der Waals surface area contributed by atoms with Gasteiger partial charge in [-0.2, -0.15) is 0 Å². The Morgan fingerprint density at radius 1 is 1.07 bits per heavy atom. The minimum absolute atomic E-state index is 0.0820. The molecule has 0 radical (unpaired) electrons. The van der Waals surface area contributed by atoms with Crippen LogP contribution in [-0.2, 0) is 17.9 Å². The van der Waals surface area contributed by atoms with Gasteiger partial charge in [-0.1, -0.05) is 42.8 Å². The van der Waals surface area contributed by atoms with Crippen LogP contribution in [-0.4, -0.2) is 29.1 Å². The number of carbonyl (C=O) groups excluding carboxylic acids is 1. The molecule has 144 valence electrons. The minimum atomic E-state index is -0.0967. The lowest BCUT2D eigenvalue weighted by Gasteiger charge is -2.16. The topological polar surface area (TPSA) is 32.3 Å². The third kappa shape index (κ3) is 6.27. The van der Waals surface area contributed by atoms with Crippen LogP contribution in [0, 0.1) is 0 Å². The van der Waals surface area contributed by atoms with Crippen molar-refractivity contribution >= 4 is 29.3 Å². The molecule has 0 spiro atoms. The highest BCUT2D eigenvalue weighted by atomic mass is 35.5. The van der Waals surface area contributed by atoms with E-state index in [0.717, 1.165) is 23.4 Å². The largest absolute Gasteiger partial charge is 0.351 e. The summed E-state index contributed by atoms with van der Waals surface area (Å²) in [5.41, 5.74) is 2.48. The van der Waals surface area contributed by atoms with Gasteiger partial charge in [0.15, 0.2) is 0 Å². The molecule has 0 aromatic heterocycles. The molecular weight excluding hydrogens is 376 g/mol. The minimum Gasteiger partial charge on any atom is -0.351 e. The number of rotatable bonds is 8. The number of hydrogen-bond acceptors (Lipinski definition) is 3. The van der Waals surface area contributed by atoms with Crippen LogP contribution in [0.3, 0.4) is 0 Å². The molecule has 1 amide bonds. The molecule has 0 aliphatic carbocycles. The van der Waals surface area contributed by atoms with Gasteiger partial charge < -0.3 is 5.32 Å². The summed E-state index contributed by atoms with van der Waals surface area (Å²) in [6.07, 6.45) is 3.42. The van der Waals surface area contributed by atoms with Crippen LogP contribution in [0.1, 0.15) is 37.3 Å². The lowest BCUT2D eigenvalue weighted by atomic mass is 10.1. The van der Waals surface area contributed by atoms with Crippen molar-refractivity contribution < 1.29 is 4.79 Å². The highest BCUT2D eigenvalue weighted by molar-refractivity contribution is 8.00.